The molecule has 0 aliphatic heterocycles. The number of hydrogen-bond donors (Lipinski definition) is 2. The van der Waals surface area contributed by atoms with Gasteiger partial charge in [0.25, 0.3) is 0 Å². The maximum Gasteiger partial charge on any atom is 0.197 e. The van der Waals surface area contributed by atoms with Gasteiger partial charge in [-0.2, -0.15) is 5.26 Å². The number of fused-ring (bicyclic) bond motifs is 4. The normalized spacial score (nSPS) is 11.3. The minimum Gasteiger partial charge on any atom is -0.354 e. The molecule has 0 bridgehead atoms. The van der Waals surface area contributed by atoms with Gasteiger partial charge < -0.3 is 9.97 Å². The van der Waals surface area contributed by atoms with Crippen molar-refractivity contribution in [3.8, 4) is 6.07 Å². The number of benzene rings is 3. The molecule has 0 saturated heterocycles. The summed E-state index contributed by atoms with van der Waals surface area (Å²) < 4.78 is 0. The topological polar surface area (TPSA) is 89.5 Å². The molecule has 0 spiro atoms. The second-order valence-corrected chi connectivity index (χ2v) is 6.27. The molecule has 5 rings (SSSR count). The van der Waals surface area contributed by atoms with E-state index in [9.17, 15) is 9.59 Å². The highest BCUT2D eigenvalue weighted by molar-refractivity contribution is 6.02. The van der Waals surface area contributed by atoms with Crippen LogP contribution in [0.5, 0.6) is 0 Å². The number of nitriles is 1. The van der Waals surface area contributed by atoms with E-state index in [1.807, 2.05) is 18.2 Å². The second-order valence-electron chi connectivity index (χ2n) is 6.27. The quantitative estimate of drug-likeness (QED) is 0.423. The minimum atomic E-state index is -0.165. The zero-order valence-electron chi connectivity index (χ0n) is 13.5. The maximum absolute atomic E-state index is 12.9. The van der Waals surface area contributed by atoms with E-state index in [1.165, 1.54) is 0 Å². The molecule has 26 heavy (non-hydrogen) atoms. The predicted octanol–water partition coefficient (Wildman–Crippen LogP) is 3.55. The van der Waals surface area contributed by atoms with Crippen molar-refractivity contribution in [3.05, 3.63) is 80.6 Å². The van der Waals surface area contributed by atoms with Crippen LogP contribution >= 0.6 is 0 Å². The van der Waals surface area contributed by atoms with Crippen molar-refractivity contribution in [3.63, 3.8) is 0 Å². The van der Waals surface area contributed by atoms with Gasteiger partial charge in [-0.3, -0.25) is 9.59 Å². The predicted molar refractivity (Wildman–Crippen MR) is 102 cm³/mol. The lowest BCUT2D eigenvalue weighted by Gasteiger charge is -2.07. The van der Waals surface area contributed by atoms with Gasteiger partial charge in [0.1, 0.15) is 0 Å². The standard InChI is InChI=1S/C21H11N3O2/c22-10-11-5-6-17-13(7-11)21(26)15-9-18-14(8-19(15)24-17)20(25)12-3-1-2-4-16(12)23-18/h1-9H,(H,23,25)(H,24,26). The molecule has 0 saturated carbocycles. The van der Waals surface area contributed by atoms with E-state index >= 15 is 0 Å². The molecule has 5 nitrogen and oxygen atoms in total. The molecule has 0 radical (unpaired) electrons. The third-order valence-electron chi connectivity index (χ3n) is 4.75. The highest BCUT2D eigenvalue weighted by atomic mass is 16.1. The highest BCUT2D eigenvalue weighted by Crippen LogP contribution is 2.21. The molecule has 0 fully saturated rings. The molecule has 0 unspecified atom stereocenters. The van der Waals surface area contributed by atoms with Crippen molar-refractivity contribution in [1.29, 1.82) is 5.26 Å². The molecule has 2 aromatic heterocycles. The summed E-state index contributed by atoms with van der Waals surface area (Å²) in [5.74, 6) is 0. The lowest BCUT2D eigenvalue weighted by atomic mass is 10.0. The fourth-order valence-electron chi connectivity index (χ4n) is 3.46. The van der Waals surface area contributed by atoms with Gasteiger partial charge in [-0.05, 0) is 42.5 Å². The van der Waals surface area contributed by atoms with Gasteiger partial charge in [0.2, 0.25) is 0 Å². The number of aromatic nitrogens is 2. The van der Waals surface area contributed by atoms with Crippen LogP contribution < -0.4 is 10.9 Å². The van der Waals surface area contributed by atoms with Gasteiger partial charge in [-0.25, -0.2) is 0 Å². The number of nitrogens with zero attached hydrogens (tertiary/aromatic N) is 1. The van der Waals surface area contributed by atoms with Gasteiger partial charge in [0, 0.05) is 32.6 Å². The molecule has 2 N–H and O–H groups in total. The monoisotopic (exact) mass is 337 g/mol. The molecular formula is C21H11N3O2. The average Bonchev–Trinajstić information content (AvgIpc) is 2.67. The molecule has 0 atom stereocenters. The molecule has 0 aliphatic rings. The Morgan fingerprint density at radius 3 is 1.92 bits per heavy atom. The Labute approximate surface area is 146 Å². The van der Waals surface area contributed by atoms with E-state index in [0.717, 1.165) is 5.52 Å². The van der Waals surface area contributed by atoms with Crippen molar-refractivity contribution in [2.24, 2.45) is 0 Å². The van der Waals surface area contributed by atoms with Crippen molar-refractivity contribution in [2.45, 2.75) is 0 Å². The average molecular weight is 337 g/mol. The highest BCUT2D eigenvalue weighted by Gasteiger charge is 2.11. The lowest BCUT2D eigenvalue weighted by molar-refractivity contribution is 1.45. The first-order valence-electron chi connectivity index (χ1n) is 8.10. The Morgan fingerprint density at radius 1 is 0.654 bits per heavy atom. The van der Waals surface area contributed by atoms with Crippen LogP contribution in [0.4, 0.5) is 0 Å². The number of nitrogens with one attached hydrogen (secondary N) is 2. The van der Waals surface area contributed by atoms with Crippen LogP contribution in [0.25, 0.3) is 43.6 Å². The van der Waals surface area contributed by atoms with E-state index in [0.29, 0.717) is 43.7 Å². The van der Waals surface area contributed by atoms with E-state index in [4.69, 9.17) is 5.26 Å². The van der Waals surface area contributed by atoms with Crippen LogP contribution in [-0.2, 0) is 0 Å². The van der Waals surface area contributed by atoms with E-state index in [1.54, 1.807) is 36.4 Å². The zero-order valence-corrected chi connectivity index (χ0v) is 13.5. The Kier molecular flexibility index (Phi) is 2.80. The van der Waals surface area contributed by atoms with Crippen LogP contribution in [0.2, 0.25) is 0 Å². The fourth-order valence-corrected chi connectivity index (χ4v) is 3.46. The van der Waals surface area contributed by atoms with Crippen LogP contribution in [0.3, 0.4) is 0 Å². The van der Waals surface area contributed by atoms with Gasteiger partial charge in [-0.15, -0.1) is 0 Å². The van der Waals surface area contributed by atoms with Crippen molar-refractivity contribution >= 4 is 43.6 Å². The summed E-state index contributed by atoms with van der Waals surface area (Å²) in [5, 5.41) is 11.1. The summed E-state index contributed by atoms with van der Waals surface area (Å²) in [5.41, 5.74) is 2.77. The zero-order chi connectivity index (χ0) is 17.8. The van der Waals surface area contributed by atoms with Crippen molar-refractivity contribution in [2.75, 3.05) is 0 Å². The molecule has 3 aromatic carbocycles. The van der Waals surface area contributed by atoms with Crippen LogP contribution in [-0.4, -0.2) is 9.97 Å². The number of pyridine rings is 2. The number of H-pyrrole nitrogens is 2. The van der Waals surface area contributed by atoms with Gasteiger partial charge in [0.05, 0.1) is 22.7 Å². The first kappa shape index (κ1) is 14.4. The Bertz CT molecular complexity index is 1540. The first-order chi connectivity index (χ1) is 12.7. The van der Waals surface area contributed by atoms with Crippen LogP contribution in [0, 0.1) is 11.3 Å². The molecule has 2 heterocycles. The molecule has 122 valence electrons. The van der Waals surface area contributed by atoms with E-state index in [2.05, 4.69) is 16.0 Å². The third-order valence-corrected chi connectivity index (χ3v) is 4.75. The van der Waals surface area contributed by atoms with Crippen molar-refractivity contribution in [1.82, 2.24) is 9.97 Å². The maximum atomic E-state index is 12.9. The first-order valence-corrected chi connectivity index (χ1v) is 8.10. The van der Waals surface area contributed by atoms with Crippen molar-refractivity contribution < 1.29 is 0 Å². The summed E-state index contributed by atoms with van der Waals surface area (Å²) in [6.07, 6.45) is 0. The largest absolute Gasteiger partial charge is 0.354 e. The van der Waals surface area contributed by atoms with Crippen LogP contribution in [0.1, 0.15) is 5.56 Å². The van der Waals surface area contributed by atoms with Gasteiger partial charge in [-0.1, -0.05) is 12.1 Å². The molecular weight excluding hydrogens is 326 g/mol. The summed E-state index contributed by atoms with van der Waals surface area (Å²) in [6, 6.07) is 17.7. The Morgan fingerprint density at radius 2 is 1.23 bits per heavy atom. The fraction of sp³-hybridized carbons (Fsp3) is 0. The number of hydrogen-bond acceptors (Lipinski definition) is 3. The number of rotatable bonds is 0. The lowest BCUT2D eigenvalue weighted by Crippen LogP contribution is -2.08. The number of aromatic amines is 2. The summed E-state index contributed by atoms with van der Waals surface area (Å²) in [6.45, 7) is 0. The molecule has 5 heteroatoms. The second kappa shape index (κ2) is 5.04. The van der Waals surface area contributed by atoms with Gasteiger partial charge in [0.15, 0.2) is 10.9 Å². The van der Waals surface area contributed by atoms with Crippen LogP contribution in [0.15, 0.2) is 64.2 Å². The minimum absolute atomic E-state index is 0.0722. The Hall–Kier alpha value is -3.91. The SMILES string of the molecule is N#Cc1ccc2[nH]c3cc4c(=O)c5ccccc5[nH]c4cc3c(=O)c2c1. The summed E-state index contributed by atoms with van der Waals surface area (Å²) >= 11 is 0. The van der Waals surface area contributed by atoms with Gasteiger partial charge >= 0.3 is 0 Å². The molecule has 0 amide bonds. The smallest absolute Gasteiger partial charge is 0.197 e. The molecule has 5 aromatic rings. The number of para-hydroxylation sites is 1. The van der Waals surface area contributed by atoms with E-state index < -0.39 is 0 Å². The summed E-state index contributed by atoms with van der Waals surface area (Å²) in [7, 11) is 0. The third kappa shape index (κ3) is 1.90. The Balaban J connectivity index is 1.99. The van der Waals surface area contributed by atoms with E-state index in [-0.39, 0.29) is 10.9 Å². The molecule has 0 aliphatic carbocycles. The summed E-state index contributed by atoms with van der Waals surface area (Å²) in [4.78, 5) is 32.2.